The van der Waals surface area contributed by atoms with Gasteiger partial charge in [0.25, 0.3) is 0 Å². The van der Waals surface area contributed by atoms with Crippen molar-refractivity contribution in [2.45, 2.75) is 84.5 Å². The molecule has 0 aliphatic rings. The summed E-state index contributed by atoms with van der Waals surface area (Å²) in [6.07, 6.45) is 18.1. The van der Waals surface area contributed by atoms with Crippen LogP contribution in [0, 0.1) is 6.42 Å². The molecular weight excluding hydrogens is 168 g/mol. The fourth-order valence-electron chi connectivity index (χ4n) is 1.84. The van der Waals surface area contributed by atoms with E-state index in [2.05, 4.69) is 20.3 Å². The topological polar surface area (TPSA) is 0 Å². The Morgan fingerprint density at radius 1 is 0.714 bits per heavy atom. The van der Waals surface area contributed by atoms with Gasteiger partial charge in [-0.3, -0.25) is 0 Å². The van der Waals surface area contributed by atoms with Crippen LogP contribution in [0.5, 0.6) is 0 Å². The summed E-state index contributed by atoms with van der Waals surface area (Å²) in [5.41, 5.74) is 0. The molecule has 0 aliphatic carbocycles. The fraction of sp³-hybridized carbons (Fsp3) is 0.929. The lowest BCUT2D eigenvalue weighted by Gasteiger charge is -2.01. The SMILES string of the molecule is C[CH]CCCCCCCCCCCC.[H+]. The third-order valence-electron chi connectivity index (χ3n) is 2.85. The van der Waals surface area contributed by atoms with Crippen molar-refractivity contribution in [3.8, 4) is 0 Å². The molecule has 0 rings (SSSR count). The number of unbranched alkanes of at least 4 members (excludes halogenated alkanes) is 11. The van der Waals surface area contributed by atoms with E-state index in [0.717, 1.165) is 0 Å². The van der Waals surface area contributed by atoms with Crippen molar-refractivity contribution in [1.29, 1.82) is 0 Å². The average Bonchev–Trinajstić information content (AvgIpc) is 2.21. The highest BCUT2D eigenvalue weighted by atomic mass is 14.0. The number of hydrogen-bond donors (Lipinski definition) is 0. The maximum absolute atomic E-state index is 2.28. The summed E-state index contributed by atoms with van der Waals surface area (Å²) < 4.78 is 0. The summed E-state index contributed by atoms with van der Waals surface area (Å²) in [6, 6.07) is 0. The quantitative estimate of drug-likeness (QED) is 0.377. The zero-order valence-electron chi connectivity index (χ0n) is 11.4. The number of hydrogen-bond acceptors (Lipinski definition) is 0. The molecule has 0 N–H and O–H groups in total. The normalized spacial score (nSPS) is 10.7. The van der Waals surface area contributed by atoms with Crippen LogP contribution in [0.4, 0.5) is 0 Å². The molecule has 1 radical (unpaired) electrons. The van der Waals surface area contributed by atoms with E-state index in [1.165, 1.54) is 70.6 Å². The Balaban J connectivity index is 0. The van der Waals surface area contributed by atoms with E-state index < -0.39 is 0 Å². The molecule has 0 aliphatic heterocycles. The standard InChI is InChI=1S/C14H29/c1-3-5-7-9-11-13-14-12-10-8-6-4-2/h3H,4-14H2,1-2H3/p+1. The predicted molar refractivity (Wildman–Crippen MR) is 67.5 cm³/mol. The van der Waals surface area contributed by atoms with Crippen LogP contribution in [0.2, 0.25) is 0 Å². The van der Waals surface area contributed by atoms with E-state index in [1.54, 1.807) is 0 Å². The molecule has 85 valence electrons. The first-order valence-corrected chi connectivity index (χ1v) is 6.69. The van der Waals surface area contributed by atoms with E-state index in [9.17, 15) is 0 Å². The van der Waals surface area contributed by atoms with Crippen molar-refractivity contribution < 1.29 is 1.43 Å². The molecule has 0 aromatic carbocycles. The molecule has 0 heteroatoms. The minimum absolute atomic E-state index is 0. The van der Waals surface area contributed by atoms with Crippen LogP contribution < -0.4 is 0 Å². The van der Waals surface area contributed by atoms with Gasteiger partial charge in [0.05, 0.1) is 0 Å². The largest absolute Gasteiger partial charge is 1.00 e. The Morgan fingerprint density at radius 2 is 1.14 bits per heavy atom. The lowest BCUT2D eigenvalue weighted by atomic mass is 10.1. The fourth-order valence-corrected chi connectivity index (χ4v) is 1.84. The van der Waals surface area contributed by atoms with Gasteiger partial charge in [0, 0.05) is 0 Å². The summed E-state index contributed by atoms with van der Waals surface area (Å²) in [6.45, 7) is 4.44. The summed E-state index contributed by atoms with van der Waals surface area (Å²) in [5, 5.41) is 0. The first kappa shape index (κ1) is 14.0. The van der Waals surface area contributed by atoms with E-state index in [0.29, 0.717) is 0 Å². The molecule has 0 unspecified atom stereocenters. The summed E-state index contributed by atoms with van der Waals surface area (Å²) in [5.74, 6) is 0. The van der Waals surface area contributed by atoms with Crippen LogP contribution in [0.1, 0.15) is 85.9 Å². The molecule has 0 atom stereocenters. The third-order valence-corrected chi connectivity index (χ3v) is 2.85. The summed E-state index contributed by atoms with van der Waals surface area (Å²) in [4.78, 5) is 0. The minimum Gasteiger partial charge on any atom is -0.0654 e. The van der Waals surface area contributed by atoms with Crippen LogP contribution in [-0.4, -0.2) is 0 Å². The van der Waals surface area contributed by atoms with Gasteiger partial charge in [-0.15, -0.1) is 0 Å². The Labute approximate surface area is 93.0 Å². The molecule has 0 heterocycles. The van der Waals surface area contributed by atoms with Gasteiger partial charge in [0.15, 0.2) is 0 Å². The van der Waals surface area contributed by atoms with Crippen LogP contribution in [0.25, 0.3) is 0 Å². The molecule has 14 heavy (non-hydrogen) atoms. The molecular formula is C14H30+. The second-order valence-electron chi connectivity index (χ2n) is 4.38. The minimum atomic E-state index is 0. The summed E-state index contributed by atoms with van der Waals surface area (Å²) >= 11 is 0. The van der Waals surface area contributed by atoms with Gasteiger partial charge in [-0.1, -0.05) is 84.5 Å². The van der Waals surface area contributed by atoms with Crippen molar-refractivity contribution >= 4 is 0 Å². The molecule has 0 fully saturated rings. The van der Waals surface area contributed by atoms with E-state index >= 15 is 0 Å². The zero-order valence-corrected chi connectivity index (χ0v) is 10.4. The van der Waals surface area contributed by atoms with Crippen molar-refractivity contribution in [1.82, 2.24) is 0 Å². The third kappa shape index (κ3) is 12.0. The molecule has 0 aromatic heterocycles. The maximum Gasteiger partial charge on any atom is 1.00 e. The molecule has 0 amide bonds. The van der Waals surface area contributed by atoms with Crippen LogP contribution >= 0.6 is 0 Å². The Kier molecular flexibility index (Phi) is 13.0. The lowest BCUT2D eigenvalue weighted by molar-refractivity contribution is 0.555. The average molecular weight is 198 g/mol. The first-order valence-electron chi connectivity index (χ1n) is 6.69. The van der Waals surface area contributed by atoms with Gasteiger partial charge in [0.2, 0.25) is 0 Å². The van der Waals surface area contributed by atoms with Crippen LogP contribution in [0.3, 0.4) is 0 Å². The highest BCUT2D eigenvalue weighted by Gasteiger charge is 1.91. The molecule has 0 bridgehead atoms. The van der Waals surface area contributed by atoms with Gasteiger partial charge < -0.3 is 0 Å². The van der Waals surface area contributed by atoms with Crippen molar-refractivity contribution in [2.24, 2.45) is 0 Å². The van der Waals surface area contributed by atoms with E-state index in [-0.39, 0.29) is 1.43 Å². The highest BCUT2D eigenvalue weighted by molar-refractivity contribution is 4.55. The molecule has 0 saturated heterocycles. The van der Waals surface area contributed by atoms with Crippen molar-refractivity contribution in [2.75, 3.05) is 0 Å². The van der Waals surface area contributed by atoms with Crippen molar-refractivity contribution in [3.63, 3.8) is 0 Å². The molecule has 0 aromatic rings. The Bertz CT molecular complexity index is 79.3. The predicted octanol–water partition coefficient (Wildman–Crippen LogP) is 5.63. The Hall–Kier alpha value is 0. The number of rotatable bonds is 11. The highest BCUT2D eigenvalue weighted by Crippen LogP contribution is 2.11. The molecule has 0 saturated carbocycles. The van der Waals surface area contributed by atoms with Gasteiger partial charge in [0.1, 0.15) is 0 Å². The Morgan fingerprint density at radius 3 is 1.57 bits per heavy atom. The van der Waals surface area contributed by atoms with E-state index in [1.807, 2.05) is 0 Å². The monoisotopic (exact) mass is 198 g/mol. The van der Waals surface area contributed by atoms with Gasteiger partial charge in [-0.05, 0) is 6.42 Å². The van der Waals surface area contributed by atoms with Gasteiger partial charge >= 0.3 is 1.43 Å². The first-order chi connectivity index (χ1) is 6.91. The lowest BCUT2D eigenvalue weighted by Crippen LogP contribution is -1.81. The molecule has 0 spiro atoms. The van der Waals surface area contributed by atoms with Crippen molar-refractivity contribution in [3.05, 3.63) is 6.42 Å². The smallest absolute Gasteiger partial charge is 0.0654 e. The molecule has 0 nitrogen and oxygen atoms in total. The summed E-state index contributed by atoms with van der Waals surface area (Å²) in [7, 11) is 0. The van der Waals surface area contributed by atoms with Gasteiger partial charge in [-0.25, -0.2) is 0 Å². The van der Waals surface area contributed by atoms with Crippen LogP contribution in [-0.2, 0) is 0 Å². The maximum atomic E-state index is 2.28. The van der Waals surface area contributed by atoms with Gasteiger partial charge in [-0.2, -0.15) is 0 Å². The zero-order chi connectivity index (χ0) is 10.5. The second kappa shape index (κ2) is 13.0. The van der Waals surface area contributed by atoms with Crippen LogP contribution in [0.15, 0.2) is 0 Å². The van der Waals surface area contributed by atoms with E-state index in [4.69, 9.17) is 0 Å². The second-order valence-corrected chi connectivity index (χ2v) is 4.38.